The quantitative estimate of drug-likeness (QED) is 0.471. The minimum absolute atomic E-state index is 0.851. The maximum atomic E-state index is 4.74. The fourth-order valence-electron chi connectivity index (χ4n) is 0.246. The number of hydrogen-bond donors (Lipinski definition) is 0. The molecule has 0 bridgehead atoms. The lowest BCUT2D eigenvalue weighted by Crippen LogP contribution is -1.84. The Bertz CT molecular complexity index is 15.9. The Morgan fingerprint density at radius 1 is 1.67 bits per heavy atom. The van der Waals surface area contributed by atoms with Gasteiger partial charge in [-0.25, -0.2) is 0 Å². The van der Waals surface area contributed by atoms with Crippen LogP contribution in [0.15, 0.2) is 0 Å². The van der Waals surface area contributed by atoms with E-state index in [2.05, 4.69) is 6.92 Å². The monoisotopic (exact) mass is 87.1 g/mol. The van der Waals surface area contributed by atoms with Gasteiger partial charge in [-0.05, 0) is 6.42 Å². The molecule has 0 aromatic heterocycles. The van der Waals surface area contributed by atoms with Crippen LogP contribution in [-0.4, -0.2) is 13.7 Å². The maximum Gasteiger partial charge on any atom is 0.0462 e. The molecule has 0 aliphatic carbocycles. The van der Waals surface area contributed by atoms with E-state index in [1.165, 1.54) is 0 Å². The summed E-state index contributed by atoms with van der Waals surface area (Å²) in [6, 6.07) is 0. The third-order valence-electron chi connectivity index (χ3n) is 0.598. The highest BCUT2D eigenvalue weighted by Gasteiger charge is 1.74. The molecule has 0 aromatic rings. The fourth-order valence-corrected chi connectivity index (χ4v) is 0.246. The minimum Gasteiger partial charge on any atom is -0.385 e. The van der Waals surface area contributed by atoms with Gasteiger partial charge in [-0.15, -0.1) is 0 Å². The number of methoxy groups -OCH3 is 1. The van der Waals surface area contributed by atoms with Gasteiger partial charge in [0, 0.05) is 13.7 Å². The number of unbranched alkanes of at least 4 members (excludes halogenated alkanes) is 1. The van der Waals surface area contributed by atoms with Crippen molar-refractivity contribution in [2.75, 3.05) is 13.7 Å². The van der Waals surface area contributed by atoms with Gasteiger partial charge in [0.1, 0.15) is 0 Å². The van der Waals surface area contributed by atoms with Gasteiger partial charge in [-0.1, -0.05) is 13.3 Å². The zero-order chi connectivity index (χ0) is 4.83. The first-order valence-corrected chi connectivity index (χ1v) is 2.20. The van der Waals surface area contributed by atoms with Gasteiger partial charge >= 0.3 is 0 Å². The van der Waals surface area contributed by atoms with Gasteiger partial charge in [0.25, 0.3) is 0 Å². The Balaban J connectivity index is 2.34. The van der Waals surface area contributed by atoms with Gasteiger partial charge in [0.2, 0.25) is 0 Å². The molecule has 0 saturated carbocycles. The van der Waals surface area contributed by atoms with Crippen molar-refractivity contribution in [3.05, 3.63) is 6.92 Å². The van der Waals surface area contributed by atoms with Gasteiger partial charge in [0.05, 0.1) is 0 Å². The fraction of sp³-hybridized carbons (Fsp3) is 0.800. The molecule has 0 unspecified atom stereocenters. The molecule has 0 fully saturated rings. The van der Waals surface area contributed by atoms with E-state index in [1.54, 1.807) is 7.11 Å². The summed E-state index contributed by atoms with van der Waals surface area (Å²) in [6.45, 7) is 4.49. The Morgan fingerprint density at radius 2 is 2.33 bits per heavy atom. The molecule has 1 nitrogen and oxygen atoms in total. The Morgan fingerprint density at radius 3 is 2.50 bits per heavy atom. The molecule has 0 aliphatic rings. The Hall–Kier alpha value is -0.0400. The summed E-state index contributed by atoms with van der Waals surface area (Å²) in [6.07, 6.45) is 2.06. The van der Waals surface area contributed by atoms with E-state index in [9.17, 15) is 0 Å². The largest absolute Gasteiger partial charge is 0.385 e. The van der Waals surface area contributed by atoms with Crippen LogP contribution >= 0.6 is 0 Å². The number of ether oxygens (including phenoxy) is 1. The van der Waals surface area contributed by atoms with Crippen molar-refractivity contribution in [2.45, 2.75) is 12.8 Å². The van der Waals surface area contributed by atoms with E-state index in [4.69, 9.17) is 4.74 Å². The van der Waals surface area contributed by atoms with E-state index in [1.807, 2.05) is 0 Å². The lowest BCUT2D eigenvalue weighted by Gasteiger charge is -1.89. The van der Waals surface area contributed by atoms with Crippen LogP contribution in [0.3, 0.4) is 0 Å². The first-order chi connectivity index (χ1) is 2.91. The molecule has 0 amide bonds. The summed E-state index contributed by atoms with van der Waals surface area (Å²) < 4.78 is 4.74. The van der Waals surface area contributed by atoms with Crippen molar-refractivity contribution in [2.24, 2.45) is 0 Å². The van der Waals surface area contributed by atoms with E-state index in [-0.39, 0.29) is 0 Å². The van der Waals surface area contributed by atoms with Gasteiger partial charge in [-0.2, -0.15) is 0 Å². The first kappa shape index (κ1) is 5.96. The summed E-state index contributed by atoms with van der Waals surface area (Å²) in [5.41, 5.74) is 0. The molecular formula is C5H11O. The molecule has 0 saturated heterocycles. The highest BCUT2D eigenvalue weighted by molar-refractivity contribution is 4.36. The molecule has 0 rings (SSSR count). The van der Waals surface area contributed by atoms with E-state index < -0.39 is 0 Å². The average Bonchev–Trinajstić information content (AvgIpc) is 1.61. The van der Waals surface area contributed by atoms with Gasteiger partial charge in [0.15, 0.2) is 0 Å². The molecule has 0 aromatic carbocycles. The zero-order valence-electron chi connectivity index (χ0n) is 4.24. The van der Waals surface area contributed by atoms with Crippen molar-refractivity contribution in [3.8, 4) is 0 Å². The lowest BCUT2D eigenvalue weighted by atomic mass is 10.4. The zero-order valence-corrected chi connectivity index (χ0v) is 4.24. The van der Waals surface area contributed by atoms with Crippen LogP contribution in [0.1, 0.15) is 12.8 Å². The standard InChI is InChI=1S/C5H11O/c1-3-4-5-6-2/h1,3-5H2,2H3. The van der Waals surface area contributed by atoms with Crippen molar-refractivity contribution in [3.63, 3.8) is 0 Å². The predicted octanol–water partition coefficient (Wildman–Crippen LogP) is 1.25. The summed E-state index contributed by atoms with van der Waals surface area (Å²) in [4.78, 5) is 0. The third-order valence-corrected chi connectivity index (χ3v) is 0.598. The minimum atomic E-state index is 0.851. The molecule has 0 N–H and O–H groups in total. The number of hydrogen-bond acceptors (Lipinski definition) is 1. The maximum absolute atomic E-state index is 4.74. The Labute approximate surface area is 39.3 Å². The second kappa shape index (κ2) is 4.96. The van der Waals surface area contributed by atoms with E-state index >= 15 is 0 Å². The molecule has 0 heterocycles. The molecule has 1 heteroatoms. The normalized spacial score (nSPS) is 9.00. The van der Waals surface area contributed by atoms with Crippen LogP contribution in [0.5, 0.6) is 0 Å². The van der Waals surface area contributed by atoms with Crippen LogP contribution in [0.4, 0.5) is 0 Å². The van der Waals surface area contributed by atoms with Crippen LogP contribution < -0.4 is 0 Å². The molecule has 0 aliphatic heterocycles. The average molecular weight is 87.1 g/mol. The smallest absolute Gasteiger partial charge is 0.0462 e. The van der Waals surface area contributed by atoms with Gasteiger partial charge < -0.3 is 4.74 Å². The second-order valence-corrected chi connectivity index (χ2v) is 1.20. The van der Waals surface area contributed by atoms with Gasteiger partial charge in [-0.3, -0.25) is 0 Å². The number of rotatable bonds is 3. The highest BCUT2D eigenvalue weighted by Crippen LogP contribution is 1.82. The lowest BCUT2D eigenvalue weighted by molar-refractivity contribution is 0.195. The van der Waals surface area contributed by atoms with Crippen LogP contribution in [0.2, 0.25) is 0 Å². The van der Waals surface area contributed by atoms with Crippen LogP contribution in [-0.2, 0) is 4.74 Å². The summed E-state index contributed by atoms with van der Waals surface area (Å²) in [5, 5.41) is 0. The summed E-state index contributed by atoms with van der Waals surface area (Å²) >= 11 is 0. The molecule has 6 heavy (non-hydrogen) atoms. The van der Waals surface area contributed by atoms with Crippen LogP contribution in [0.25, 0.3) is 0 Å². The highest BCUT2D eigenvalue weighted by atomic mass is 16.5. The topological polar surface area (TPSA) is 9.23 Å². The first-order valence-electron chi connectivity index (χ1n) is 2.20. The molecule has 1 radical (unpaired) electrons. The predicted molar refractivity (Wildman–Crippen MR) is 26.5 cm³/mol. The van der Waals surface area contributed by atoms with Crippen molar-refractivity contribution < 1.29 is 4.74 Å². The van der Waals surface area contributed by atoms with E-state index in [0.29, 0.717) is 0 Å². The van der Waals surface area contributed by atoms with Crippen LogP contribution in [0, 0.1) is 6.92 Å². The molecule has 0 atom stereocenters. The Kier molecular flexibility index (Phi) is 4.93. The second-order valence-electron chi connectivity index (χ2n) is 1.20. The van der Waals surface area contributed by atoms with Crippen molar-refractivity contribution >= 4 is 0 Å². The summed E-state index contributed by atoms with van der Waals surface area (Å²) in [5.74, 6) is 0. The molecule has 0 spiro atoms. The van der Waals surface area contributed by atoms with Crippen molar-refractivity contribution in [1.29, 1.82) is 0 Å². The van der Waals surface area contributed by atoms with Crippen molar-refractivity contribution in [1.82, 2.24) is 0 Å². The molecule has 37 valence electrons. The summed E-state index contributed by atoms with van der Waals surface area (Å²) in [7, 11) is 1.70. The molecular weight excluding hydrogens is 76.1 g/mol. The van der Waals surface area contributed by atoms with E-state index in [0.717, 1.165) is 19.4 Å². The SMILES string of the molecule is [CH2]CCCOC. The third kappa shape index (κ3) is 3.96.